The molecule has 0 aliphatic heterocycles. The van der Waals surface area contributed by atoms with E-state index >= 15 is 0 Å². The summed E-state index contributed by atoms with van der Waals surface area (Å²) >= 11 is 0. The van der Waals surface area contributed by atoms with Gasteiger partial charge in [0.2, 0.25) is 0 Å². The predicted molar refractivity (Wildman–Crippen MR) is 86.7 cm³/mol. The summed E-state index contributed by atoms with van der Waals surface area (Å²) in [5, 5.41) is 10.0. The first-order chi connectivity index (χ1) is 11.1. The van der Waals surface area contributed by atoms with E-state index < -0.39 is 4.92 Å². The van der Waals surface area contributed by atoms with E-state index in [4.69, 9.17) is 0 Å². The third-order valence-corrected chi connectivity index (χ3v) is 3.00. The number of carbonyl (C=O) groups is 2. The molecule has 1 aliphatic rings. The molecule has 5 heteroatoms. The summed E-state index contributed by atoms with van der Waals surface area (Å²) in [5.74, 6) is -0.251. The second-order valence-corrected chi connectivity index (χ2v) is 4.62. The number of non-ortho nitro benzene ring substituents is 1. The van der Waals surface area contributed by atoms with Crippen molar-refractivity contribution in [1.29, 1.82) is 0 Å². The summed E-state index contributed by atoms with van der Waals surface area (Å²) in [4.78, 5) is 32.1. The van der Waals surface area contributed by atoms with Crippen LogP contribution in [-0.4, -0.2) is 16.5 Å². The molecule has 3 rings (SSSR count). The number of hydrogen-bond acceptors (Lipinski definition) is 4. The molecule has 0 aromatic heterocycles. The molecule has 0 saturated heterocycles. The van der Waals surface area contributed by atoms with Crippen LogP contribution < -0.4 is 0 Å². The molecule has 0 spiro atoms. The Bertz CT molecular complexity index is 777. The minimum atomic E-state index is -0.417. The fourth-order valence-corrected chi connectivity index (χ4v) is 1.90. The zero-order valence-corrected chi connectivity index (χ0v) is 12.1. The van der Waals surface area contributed by atoms with Gasteiger partial charge in [0.25, 0.3) is 5.69 Å². The Hall–Kier alpha value is -3.34. The predicted octanol–water partition coefficient (Wildman–Crippen LogP) is 3.37. The Kier molecular flexibility index (Phi) is 5.30. The molecule has 0 N–H and O–H groups in total. The molecule has 0 radical (unpaired) electrons. The monoisotopic (exact) mass is 307 g/mol. The number of nitro groups is 1. The summed E-state index contributed by atoms with van der Waals surface area (Å²) < 4.78 is 0. The minimum Gasteiger partial charge on any atom is -0.290 e. The second kappa shape index (κ2) is 7.61. The van der Waals surface area contributed by atoms with E-state index in [-0.39, 0.29) is 17.3 Å². The number of para-hydroxylation sites is 1. The van der Waals surface area contributed by atoms with E-state index in [0.29, 0.717) is 5.57 Å². The van der Waals surface area contributed by atoms with Crippen LogP contribution in [0.15, 0.2) is 78.9 Å². The highest BCUT2D eigenvalue weighted by Crippen LogP contribution is 2.18. The number of allylic oxidation sites excluding steroid dienone is 4. The summed E-state index contributed by atoms with van der Waals surface area (Å²) in [6, 6.07) is 17.1. The molecule has 2 aromatic carbocycles. The summed E-state index contributed by atoms with van der Waals surface area (Å²) in [6.45, 7) is 0. The van der Waals surface area contributed by atoms with Crippen molar-refractivity contribution >= 4 is 22.8 Å². The van der Waals surface area contributed by atoms with Crippen molar-refractivity contribution in [2.75, 3.05) is 0 Å². The van der Waals surface area contributed by atoms with Crippen molar-refractivity contribution < 1.29 is 14.5 Å². The molecule has 23 heavy (non-hydrogen) atoms. The Morgan fingerprint density at radius 1 is 0.783 bits per heavy atom. The van der Waals surface area contributed by atoms with Crippen LogP contribution >= 0.6 is 0 Å². The lowest BCUT2D eigenvalue weighted by Crippen LogP contribution is -2.06. The molecular formula is C18H13NO4. The van der Waals surface area contributed by atoms with Crippen molar-refractivity contribution in [3.05, 3.63) is 94.6 Å². The van der Waals surface area contributed by atoms with E-state index in [1.807, 2.05) is 30.3 Å². The van der Waals surface area contributed by atoms with Gasteiger partial charge in [0.05, 0.1) is 4.92 Å². The van der Waals surface area contributed by atoms with Gasteiger partial charge in [-0.15, -0.1) is 0 Å². The lowest BCUT2D eigenvalue weighted by molar-refractivity contribution is -0.384. The van der Waals surface area contributed by atoms with Crippen molar-refractivity contribution in [2.45, 2.75) is 0 Å². The number of rotatable bonds is 2. The van der Waals surface area contributed by atoms with Gasteiger partial charge in [-0.25, -0.2) is 0 Å². The van der Waals surface area contributed by atoms with Gasteiger partial charge in [-0.3, -0.25) is 19.7 Å². The summed E-state index contributed by atoms with van der Waals surface area (Å²) in [7, 11) is 0. The normalized spacial score (nSPS) is 13.0. The molecule has 0 heterocycles. The molecule has 0 saturated carbocycles. The Labute approximate surface area is 132 Å². The van der Waals surface area contributed by atoms with Crippen molar-refractivity contribution in [2.24, 2.45) is 0 Å². The van der Waals surface area contributed by atoms with Gasteiger partial charge in [0.1, 0.15) is 0 Å². The van der Waals surface area contributed by atoms with Gasteiger partial charge in [-0.05, 0) is 23.8 Å². The lowest BCUT2D eigenvalue weighted by atomic mass is 9.97. The van der Waals surface area contributed by atoms with Crippen molar-refractivity contribution in [3.63, 3.8) is 0 Å². The SMILES string of the molecule is O=C1C=CC(=O)C(c2ccccc2)=C1.O=[N+]([O-])c1ccccc1. The van der Waals surface area contributed by atoms with E-state index in [1.54, 1.807) is 18.2 Å². The lowest BCUT2D eigenvalue weighted by Gasteiger charge is -2.05. The van der Waals surface area contributed by atoms with Crippen LogP contribution in [0.3, 0.4) is 0 Å². The topological polar surface area (TPSA) is 77.3 Å². The fourth-order valence-electron chi connectivity index (χ4n) is 1.90. The Balaban J connectivity index is 0.000000185. The molecule has 114 valence electrons. The smallest absolute Gasteiger partial charge is 0.269 e. The quantitative estimate of drug-likeness (QED) is 0.484. The zero-order chi connectivity index (χ0) is 16.7. The average molecular weight is 307 g/mol. The van der Waals surface area contributed by atoms with Crippen LogP contribution in [0.25, 0.3) is 5.57 Å². The molecule has 0 atom stereocenters. The molecule has 1 aliphatic carbocycles. The second-order valence-electron chi connectivity index (χ2n) is 4.62. The minimum absolute atomic E-state index is 0.115. The van der Waals surface area contributed by atoms with Gasteiger partial charge in [0.15, 0.2) is 11.6 Å². The largest absolute Gasteiger partial charge is 0.290 e. The Morgan fingerprint density at radius 2 is 1.35 bits per heavy atom. The van der Waals surface area contributed by atoms with Crippen LogP contribution in [0.4, 0.5) is 5.69 Å². The highest BCUT2D eigenvalue weighted by Gasteiger charge is 2.14. The number of nitrogens with zero attached hydrogens (tertiary/aromatic N) is 1. The maximum Gasteiger partial charge on any atom is 0.269 e. The third kappa shape index (κ3) is 4.57. The van der Waals surface area contributed by atoms with Crippen LogP contribution in [0.2, 0.25) is 0 Å². The fraction of sp³-hybridized carbons (Fsp3) is 0. The van der Waals surface area contributed by atoms with E-state index in [9.17, 15) is 19.7 Å². The first kappa shape index (κ1) is 16.0. The van der Waals surface area contributed by atoms with Gasteiger partial charge in [0, 0.05) is 17.7 Å². The van der Waals surface area contributed by atoms with Crippen LogP contribution in [0.5, 0.6) is 0 Å². The van der Waals surface area contributed by atoms with E-state index in [2.05, 4.69) is 0 Å². The highest BCUT2D eigenvalue weighted by molar-refractivity contribution is 6.33. The first-order valence-corrected chi connectivity index (χ1v) is 6.81. The number of nitro benzene ring substituents is 1. The van der Waals surface area contributed by atoms with Gasteiger partial charge < -0.3 is 0 Å². The molecule has 0 bridgehead atoms. The van der Waals surface area contributed by atoms with Crippen LogP contribution in [0, 0.1) is 10.1 Å². The maximum absolute atomic E-state index is 11.4. The summed E-state index contributed by atoms with van der Waals surface area (Å²) in [6.07, 6.45) is 3.97. The molecule has 5 nitrogen and oxygen atoms in total. The van der Waals surface area contributed by atoms with E-state index in [0.717, 1.165) is 5.56 Å². The summed E-state index contributed by atoms with van der Waals surface area (Å²) in [5.41, 5.74) is 1.39. The molecule has 0 amide bonds. The number of benzene rings is 2. The van der Waals surface area contributed by atoms with Gasteiger partial charge in [-0.2, -0.15) is 0 Å². The molecule has 0 unspecified atom stereocenters. The first-order valence-electron chi connectivity index (χ1n) is 6.81. The molecular weight excluding hydrogens is 294 g/mol. The van der Waals surface area contributed by atoms with Crippen molar-refractivity contribution in [3.8, 4) is 0 Å². The van der Waals surface area contributed by atoms with Crippen LogP contribution in [0.1, 0.15) is 5.56 Å². The van der Waals surface area contributed by atoms with Gasteiger partial charge >= 0.3 is 0 Å². The number of carbonyl (C=O) groups excluding carboxylic acids is 2. The maximum atomic E-state index is 11.4. The van der Waals surface area contributed by atoms with Crippen LogP contribution in [-0.2, 0) is 9.59 Å². The molecule has 0 fully saturated rings. The highest BCUT2D eigenvalue weighted by atomic mass is 16.6. The standard InChI is InChI=1S/C12H8O2.C6H5NO2/c13-10-6-7-12(14)11(8-10)9-4-2-1-3-5-9;8-7(9)6-4-2-1-3-5-6/h1-8H;1-5H. The zero-order valence-electron chi connectivity index (χ0n) is 12.1. The van der Waals surface area contributed by atoms with E-state index in [1.165, 1.54) is 30.4 Å². The average Bonchev–Trinajstić information content (AvgIpc) is 2.59. The molecule has 2 aromatic rings. The Morgan fingerprint density at radius 3 is 1.87 bits per heavy atom. The number of ketones is 2. The number of hydrogen-bond donors (Lipinski definition) is 0. The van der Waals surface area contributed by atoms with Crippen molar-refractivity contribution in [1.82, 2.24) is 0 Å². The van der Waals surface area contributed by atoms with Gasteiger partial charge in [-0.1, -0.05) is 48.5 Å². The third-order valence-electron chi connectivity index (χ3n) is 3.00.